The number of hydrogen-bond acceptors (Lipinski definition) is 1. The Bertz CT molecular complexity index is 571. The lowest BCUT2D eigenvalue weighted by molar-refractivity contribution is 0.547. The first kappa shape index (κ1) is 15.7. The van der Waals surface area contributed by atoms with Crippen molar-refractivity contribution in [1.82, 2.24) is 5.32 Å². The van der Waals surface area contributed by atoms with E-state index in [0.29, 0.717) is 10.6 Å². The van der Waals surface area contributed by atoms with Gasteiger partial charge in [-0.3, -0.25) is 0 Å². The maximum atomic E-state index is 14.2. The highest BCUT2D eigenvalue weighted by Crippen LogP contribution is 2.27. The van der Waals surface area contributed by atoms with E-state index in [1.54, 1.807) is 12.1 Å². The summed E-state index contributed by atoms with van der Waals surface area (Å²) in [5.41, 5.74) is 1.68. The van der Waals surface area contributed by atoms with Gasteiger partial charge in [-0.1, -0.05) is 36.7 Å². The average Bonchev–Trinajstić information content (AvgIpc) is 2.42. The highest BCUT2D eigenvalue weighted by atomic mass is 127. The predicted molar refractivity (Wildman–Crippen MR) is 90.7 cm³/mol. The first-order valence-corrected chi connectivity index (χ1v) is 8.01. The lowest BCUT2D eigenvalue weighted by Crippen LogP contribution is -2.24. The fraction of sp³-hybridized carbons (Fsp3) is 0.250. The normalized spacial score (nSPS) is 12.4. The van der Waals surface area contributed by atoms with Gasteiger partial charge in [0.25, 0.3) is 0 Å². The zero-order chi connectivity index (χ0) is 14.5. The summed E-state index contributed by atoms with van der Waals surface area (Å²) < 4.78 is 15.3. The Morgan fingerprint density at radius 1 is 1.20 bits per heavy atom. The smallest absolute Gasteiger partial charge is 0.129 e. The van der Waals surface area contributed by atoms with Crippen LogP contribution in [0.5, 0.6) is 0 Å². The maximum Gasteiger partial charge on any atom is 0.129 e. The molecule has 2 rings (SSSR count). The molecule has 4 heteroatoms. The Morgan fingerprint density at radius 2 is 1.90 bits per heavy atom. The molecule has 0 amide bonds. The average molecular weight is 404 g/mol. The Kier molecular flexibility index (Phi) is 5.81. The summed E-state index contributed by atoms with van der Waals surface area (Å²) in [6, 6.07) is 12.8. The van der Waals surface area contributed by atoms with E-state index in [9.17, 15) is 4.39 Å². The molecule has 0 fully saturated rings. The molecule has 0 aliphatic rings. The fourth-order valence-electron chi connectivity index (χ4n) is 2.09. The van der Waals surface area contributed by atoms with Crippen LogP contribution in [0.3, 0.4) is 0 Å². The van der Waals surface area contributed by atoms with Crippen LogP contribution >= 0.6 is 34.2 Å². The highest BCUT2D eigenvalue weighted by molar-refractivity contribution is 14.1. The van der Waals surface area contributed by atoms with Gasteiger partial charge in [0.05, 0.1) is 6.04 Å². The van der Waals surface area contributed by atoms with Gasteiger partial charge in [-0.25, -0.2) is 4.39 Å². The second-order valence-corrected chi connectivity index (χ2v) is 6.29. The van der Waals surface area contributed by atoms with Crippen LogP contribution in [0.25, 0.3) is 0 Å². The topological polar surface area (TPSA) is 12.0 Å². The molecule has 0 aliphatic carbocycles. The van der Waals surface area contributed by atoms with Crippen molar-refractivity contribution in [2.45, 2.75) is 19.4 Å². The molecule has 0 heterocycles. The van der Waals surface area contributed by atoms with Crippen LogP contribution in [0.15, 0.2) is 42.5 Å². The minimum absolute atomic E-state index is 0.149. The molecule has 0 saturated carbocycles. The molecule has 0 spiro atoms. The van der Waals surface area contributed by atoms with Crippen molar-refractivity contribution >= 4 is 34.2 Å². The van der Waals surface area contributed by atoms with Crippen molar-refractivity contribution in [2.24, 2.45) is 0 Å². The molecule has 0 saturated heterocycles. The Balaban J connectivity index is 2.38. The van der Waals surface area contributed by atoms with E-state index in [1.807, 2.05) is 24.3 Å². The third-order valence-corrected chi connectivity index (χ3v) is 4.03. The second-order valence-electron chi connectivity index (χ2n) is 4.60. The molecule has 1 nitrogen and oxygen atoms in total. The third kappa shape index (κ3) is 3.93. The first-order valence-electron chi connectivity index (χ1n) is 6.55. The van der Waals surface area contributed by atoms with Gasteiger partial charge in [-0.15, -0.1) is 0 Å². The number of nitrogens with one attached hydrogen (secondary N) is 1. The van der Waals surface area contributed by atoms with E-state index in [-0.39, 0.29) is 11.9 Å². The molecule has 1 atom stereocenters. The van der Waals surface area contributed by atoms with Crippen LogP contribution in [0, 0.1) is 9.39 Å². The predicted octanol–water partition coefficient (Wildman–Crippen LogP) is 5.17. The number of hydrogen-bond donors (Lipinski definition) is 1. The van der Waals surface area contributed by atoms with Crippen LogP contribution in [0.2, 0.25) is 5.02 Å². The van der Waals surface area contributed by atoms with Gasteiger partial charge >= 0.3 is 0 Å². The summed E-state index contributed by atoms with van der Waals surface area (Å²) >= 11 is 8.09. The van der Waals surface area contributed by atoms with Crippen LogP contribution in [-0.4, -0.2) is 6.54 Å². The van der Waals surface area contributed by atoms with Crippen molar-refractivity contribution in [1.29, 1.82) is 0 Å². The summed E-state index contributed by atoms with van der Waals surface area (Å²) in [6.07, 6.45) is 0.996. The molecule has 2 aromatic rings. The molecular weight excluding hydrogens is 388 g/mol. The van der Waals surface area contributed by atoms with Gasteiger partial charge in [-0.05, 0) is 65.4 Å². The van der Waals surface area contributed by atoms with Gasteiger partial charge in [0.2, 0.25) is 0 Å². The molecule has 106 valence electrons. The molecule has 2 aromatic carbocycles. The van der Waals surface area contributed by atoms with Gasteiger partial charge < -0.3 is 5.32 Å². The molecule has 20 heavy (non-hydrogen) atoms. The van der Waals surface area contributed by atoms with E-state index >= 15 is 0 Å². The van der Waals surface area contributed by atoms with Gasteiger partial charge in [-0.2, -0.15) is 0 Å². The summed E-state index contributed by atoms with van der Waals surface area (Å²) in [5, 5.41) is 3.82. The SMILES string of the molecule is CCCNC(c1ccc(I)cc1)c1ccc(Cl)cc1F. The maximum absolute atomic E-state index is 14.2. The lowest BCUT2D eigenvalue weighted by Gasteiger charge is -2.20. The number of benzene rings is 2. The zero-order valence-corrected chi connectivity index (χ0v) is 14.1. The Morgan fingerprint density at radius 3 is 2.50 bits per heavy atom. The molecule has 1 N–H and O–H groups in total. The summed E-state index contributed by atoms with van der Waals surface area (Å²) in [4.78, 5) is 0. The molecule has 0 aromatic heterocycles. The minimum Gasteiger partial charge on any atom is -0.306 e. The van der Waals surface area contributed by atoms with Crippen molar-refractivity contribution in [3.05, 3.63) is 68.0 Å². The molecule has 0 aliphatic heterocycles. The second kappa shape index (κ2) is 7.38. The van der Waals surface area contributed by atoms with Gasteiger partial charge in [0.1, 0.15) is 5.82 Å². The van der Waals surface area contributed by atoms with E-state index in [2.05, 4.69) is 34.8 Å². The largest absolute Gasteiger partial charge is 0.306 e. The Hall–Kier alpha value is -0.650. The van der Waals surface area contributed by atoms with Crippen LogP contribution in [0.4, 0.5) is 4.39 Å². The lowest BCUT2D eigenvalue weighted by atomic mass is 9.98. The first-order chi connectivity index (χ1) is 9.61. The van der Waals surface area contributed by atoms with Crippen LogP contribution in [-0.2, 0) is 0 Å². The zero-order valence-electron chi connectivity index (χ0n) is 11.2. The summed E-state index contributed by atoms with van der Waals surface area (Å²) in [6.45, 7) is 2.93. The summed E-state index contributed by atoms with van der Waals surface area (Å²) in [5.74, 6) is -0.273. The molecular formula is C16H16ClFIN. The minimum atomic E-state index is -0.273. The number of halogens is 3. The van der Waals surface area contributed by atoms with E-state index < -0.39 is 0 Å². The number of rotatable bonds is 5. The monoisotopic (exact) mass is 403 g/mol. The van der Waals surface area contributed by atoms with Crippen molar-refractivity contribution in [3.63, 3.8) is 0 Å². The third-order valence-electron chi connectivity index (χ3n) is 3.08. The van der Waals surface area contributed by atoms with Crippen LogP contribution in [0.1, 0.15) is 30.5 Å². The fourth-order valence-corrected chi connectivity index (χ4v) is 2.61. The van der Waals surface area contributed by atoms with Crippen molar-refractivity contribution < 1.29 is 4.39 Å². The quantitative estimate of drug-likeness (QED) is 0.679. The highest BCUT2D eigenvalue weighted by Gasteiger charge is 2.17. The summed E-state index contributed by atoms with van der Waals surface area (Å²) in [7, 11) is 0. The van der Waals surface area contributed by atoms with Crippen molar-refractivity contribution in [2.75, 3.05) is 6.54 Å². The van der Waals surface area contributed by atoms with Gasteiger partial charge in [0, 0.05) is 14.2 Å². The van der Waals surface area contributed by atoms with Gasteiger partial charge in [0.15, 0.2) is 0 Å². The van der Waals surface area contributed by atoms with Crippen LogP contribution < -0.4 is 5.32 Å². The molecule has 1 unspecified atom stereocenters. The Labute approximate surface area is 137 Å². The standard InChI is InChI=1S/C16H16ClFIN/c1-2-9-20-16(11-3-6-13(19)7-4-11)14-8-5-12(17)10-15(14)18/h3-8,10,16,20H,2,9H2,1H3. The van der Waals surface area contributed by atoms with E-state index in [0.717, 1.165) is 22.1 Å². The molecule has 0 bridgehead atoms. The molecule has 0 radical (unpaired) electrons. The van der Waals surface area contributed by atoms with Crippen molar-refractivity contribution in [3.8, 4) is 0 Å². The van der Waals surface area contributed by atoms with E-state index in [1.165, 1.54) is 6.07 Å². The van der Waals surface area contributed by atoms with E-state index in [4.69, 9.17) is 11.6 Å².